The van der Waals surface area contributed by atoms with E-state index in [4.69, 9.17) is 4.99 Å². The number of hydrogen-bond acceptors (Lipinski definition) is 3. The number of rotatable bonds is 8. The quantitative estimate of drug-likeness (QED) is 0.364. The lowest BCUT2D eigenvalue weighted by atomic mass is 10.3. The molecule has 0 aliphatic heterocycles. The van der Waals surface area contributed by atoms with E-state index in [0.29, 0.717) is 0 Å². The minimum absolute atomic E-state index is 0.766. The molecule has 7 nitrogen and oxygen atoms in total. The minimum Gasteiger partial charge on any atom is -0.357 e. The number of nitrogens with one attached hydrogen (secondary N) is 2. The average Bonchev–Trinajstić information content (AvgIpc) is 3.21. The summed E-state index contributed by atoms with van der Waals surface area (Å²) in [6.45, 7) is 10.3. The molecule has 0 saturated carbocycles. The van der Waals surface area contributed by atoms with Crippen molar-refractivity contribution in [2.45, 2.75) is 40.3 Å². The van der Waals surface area contributed by atoms with Crippen LogP contribution in [0.1, 0.15) is 24.7 Å². The molecule has 0 amide bonds. The van der Waals surface area contributed by atoms with Crippen LogP contribution in [0.5, 0.6) is 0 Å². The number of aromatic nitrogens is 4. The van der Waals surface area contributed by atoms with Crippen LogP contribution in [0.2, 0.25) is 0 Å². The molecule has 0 bridgehead atoms. The van der Waals surface area contributed by atoms with Crippen molar-refractivity contribution >= 4 is 17.0 Å². The summed E-state index contributed by atoms with van der Waals surface area (Å²) in [5, 5.41) is 11.0. The van der Waals surface area contributed by atoms with Crippen LogP contribution in [-0.4, -0.2) is 44.9 Å². The van der Waals surface area contributed by atoms with Gasteiger partial charge in [0.2, 0.25) is 0 Å². The van der Waals surface area contributed by atoms with Crippen LogP contribution in [0.3, 0.4) is 0 Å². The Morgan fingerprint density at radius 1 is 1.15 bits per heavy atom. The Morgan fingerprint density at radius 2 is 2.00 bits per heavy atom. The number of hydrogen-bond donors (Lipinski definition) is 2. The van der Waals surface area contributed by atoms with Crippen LogP contribution in [0.4, 0.5) is 0 Å². The van der Waals surface area contributed by atoms with Gasteiger partial charge in [-0.15, -0.1) is 0 Å². The van der Waals surface area contributed by atoms with E-state index in [0.717, 1.165) is 56.4 Å². The second-order valence-electron chi connectivity index (χ2n) is 6.62. The van der Waals surface area contributed by atoms with Gasteiger partial charge in [-0.1, -0.05) is 12.1 Å². The molecule has 2 aromatic heterocycles. The molecule has 0 fully saturated rings. The van der Waals surface area contributed by atoms with Gasteiger partial charge in [-0.25, -0.2) is 4.98 Å². The van der Waals surface area contributed by atoms with E-state index in [1.54, 1.807) is 0 Å². The van der Waals surface area contributed by atoms with Crippen molar-refractivity contribution in [2.24, 2.45) is 4.99 Å². The van der Waals surface area contributed by atoms with Crippen molar-refractivity contribution in [1.29, 1.82) is 0 Å². The van der Waals surface area contributed by atoms with Gasteiger partial charge in [0.1, 0.15) is 5.82 Å². The fraction of sp³-hybridized carbons (Fsp3) is 0.450. The van der Waals surface area contributed by atoms with E-state index < -0.39 is 0 Å². The molecule has 1 aromatic carbocycles. The molecule has 27 heavy (non-hydrogen) atoms. The summed E-state index contributed by atoms with van der Waals surface area (Å²) in [5.74, 6) is 1.91. The molecule has 2 heterocycles. The molecule has 0 aliphatic rings. The topological polar surface area (TPSA) is 72.1 Å². The molecule has 0 radical (unpaired) electrons. The second kappa shape index (κ2) is 9.21. The summed E-state index contributed by atoms with van der Waals surface area (Å²) in [7, 11) is 0. The summed E-state index contributed by atoms with van der Waals surface area (Å²) in [6.07, 6.45) is 4.89. The van der Waals surface area contributed by atoms with Crippen molar-refractivity contribution < 1.29 is 0 Å². The summed E-state index contributed by atoms with van der Waals surface area (Å²) in [4.78, 5) is 9.31. The first-order valence-corrected chi connectivity index (χ1v) is 9.60. The zero-order valence-corrected chi connectivity index (χ0v) is 16.4. The summed E-state index contributed by atoms with van der Waals surface area (Å²) in [6, 6.07) is 8.28. The third-order valence-electron chi connectivity index (χ3n) is 4.40. The monoisotopic (exact) mass is 367 g/mol. The molecular weight excluding hydrogens is 338 g/mol. The van der Waals surface area contributed by atoms with Gasteiger partial charge in [-0.05, 0) is 44.9 Å². The third kappa shape index (κ3) is 5.09. The Hall–Kier alpha value is -2.83. The van der Waals surface area contributed by atoms with Gasteiger partial charge in [0, 0.05) is 32.4 Å². The highest BCUT2D eigenvalue weighted by atomic mass is 15.3. The van der Waals surface area contributed by atoms with E-state index in [-0.39, 0.29) is 0 Å². The molecule has 3 aromatic rings. The first kappa shape index (κ1) is 18.9. The third-order valence-corrected chi connectivity index (χ3v) is 4.40. The van der Waals surface area contributed by atoms with Crippen molar-refractivity contribution in [3.8, 4) is 0 Å². The zero-order chi connectivity index (χ0) is 19.1. The molecular formula is C20H29N7. The molecule has 0 aliphatic carbocycles. The molecule has 2 N–H and O–H groups in total. The number of benzene rings is 1. The highest BCUT2D eigenvalue weighted by molar-refractivity contribution is 5.79. The van der Waals surface area contributed by atoms with E-state index in [1.807, 2.05) is 30.1 Å². The Kier molecular flexibility index (Phi) is 6.46. The fourth-order valence-electron chi connectivity index (χ4n) is 3.12. The van der Waals surface area contributed by atoms with Gasteiger partial charge >= 0.3 is 0 Å². The first-order chi connectivity index (χ1) is 13.2. The van der Waals surface area contributed by atoms with Gasteiger partial charge < -0.3 is 15.2 Å². The van der Waals surface area contributed by atoms with Crippen LogP contribution >= 0.6 is 0 Å². The molecule has 0 unspecified atom stereocenters. The molecule has 0 spiro atoms. The Morgan fingerprint density at radius 3 is 2.78 bits per heavy atom. The summed E-state index contributed by atoms with van der Waals surface area (Å²) < 4.78 is 4.21. The zero-order valence-electron chi connectivity index (χ0n) is 16.4. The molecule has 0 saturated heterocycles. The minimum atomic E-state index is 0.766. The van der Waals surface area contributed by atoms with E-state index >= 15 is 0 Å². The van der Waals surface area contributed by atoms with Crippen molar-refractivity contribution in [1.82, 2.24) is 30.0 Å². The number of imidazole rings is 1. The van der Waals surface area contributed by atoms with Gasteiger partial charge in [0.25, 0.3) is 0 Å². The van der Waals surface area contributed by atoms with E-state index in [2.05, 4.69) is 57.3 Å². The smallest absolute Gasteiger partial charge is 0.191 e. The molecule has 144 valence electrons. The van der Waals surface area contributed by atoms with Crippen LogP contribution in [-0.2, 0) is 13.1 Å². The van der Waals surface area contributed by atoms with Crippen molar-refractivity contribution in [3.05, 3.63) is 48.0 Å². The SMILES string of the molecule is CCNC(=NCCCn1c(C)nc2ccccc21)NCCn1cc(C)cn1. The average molecular weight is 368 g/mol. The Balaban J connectivity index is 1.50. The van der Waals surface area contributed by atoms with Crippen LogP contribution in [0, 0.1) is 13.8 Å². The Labute approximate surface area is 160 Å². The number of aliphatic imine (C=N–C) groups is 1. The maximum absolute atomic E-state index is 4.69. The number of nitrogens with zero attached hydrogens (tertiary/aromatic N) is 5. The lowest BCUT2D eigenvalue weighted by Gasteiger charge is -2.11. The van der Waals surface area contributed by atoms with Crippen LogP contribution in [0.15, 0.2) is 41.7 Å². The maximum atomic E-state index is 4.69. The Bertz CT molecular complexity index is 891. The summed E-state index contributed by atoms with van der Waals surface area (Å²) in [5.41, 5.74) is 3.43. The van der Waals surface area contributed by atoms with Crippen molar-refractivity contribution in [2.75, 3.05) is 19.6 Å². The summed E-state index contributed by atoms with van der Waals surface area (Å²) >= 11 is 0. The highest BCUT2D eigenvalue weighted by Gasteiger charge is 2.06. The number of guanidine groups is 1. The number of aryl methyl sites for hydroxylation is 3. The lowest BCUT2D eigenvalue weighted by Crippen LogP contribution is -2.39. The van der Waals surface area contributed by atoms with Crippen LogP contribution in [0.25, 0.3) is 11.0 Å². The molecule has 3 rings (SSSR count). The van der Waals surface area contributed by atoms with E-state index in [9.17, 15) is 0 Å². The first-order valence-electron chi connectivity index (χ1n) is 9.60. The maximum Gasteiger partial charge on any atom is 0.191 e. The molecule has 0 atom stereocenters. The van der Waals surface area contributed by atoms with Gasteiger partial charge in [-0.2, -0.15) is 5.10 Å². The fourth-order valence-corrected chi connectivity index (χ4v) is 3.12. The predicted molar refractivity (Wildman–Crippen MR) is 110 cm³/mol. The largest absolute Gasteiger partial charge is 0.357 e. The number of fused-ring (bicyclic) bond motifs is 1. The normalized spacial score (nSPS) is 11.9. The number of para-hydroxylation sites is 2. The standard InChI is InChI=1S/C20H29N7/c1-4-21-20(23-11-13-26-15-16(2)14-24-26)22-10-7-12-27-17(3)25-18-8-5-6-9-19(18)27/h5-6,8-9,14-15H,4,7,10-13H2,1-3H3,(H2,21,22,23). The van der Waals surface area contributed by atoms with E-state index in [1.165, 1.54) is 11.1 Å². The second-order valence-corrected chi connectivity index (χ2v) is 6.62. The molecule has 7 heteroatoms. The highest BCUT2D eigenvalue weighted by Crippen LogP contribution is 2.15. The van der Waals surface area contributed by atoms with Gasteiger partial charge in [-0.3, -0.25) is 9.67 Å². The predicted octanol–water partition coefficient (Wildman–Crippen LogP) is 2.50. The van der Waals surface area contributed by atoms with Crippen molar-refractivity contribution in [3.63, 3.8) is 0 Å². The van der Waals surface area contributed by atoms with Gasteiger partial charge in [0.05, 0.1) is 23.8 Å². The van der Waals surface area contributed by atoms with Gasteiger partial charge in [0.15, 0.2) is 5.96 Å². The lowest BCUT2D eigenvalue weighted by molar-refractivity contribution is 0.596. The van der Waals surface area contributed by atoms with Crippen LogP contribution < -0.4 is 10.6 Å².